The first-order valence-corrected chi connectivity index (χ1v) is 29.7. The van der Waals surface area contributed by atoms with E-state index in [1.807, 2.05) is 18.5 Å². The first-order chi connectivity index (χ1) is 37.2. The Kier molecular flexibility index (Phi) is 9.85. The van der Waals surface area contributed by atoms with Crippen molar-refractivity contribution in [2.24, 2.45) is 0 Å². The third-order valence-corrected chi connectivity index (χ3v) is 25.6. The van der Waals surface area contributed by atoms with Gasteiger partial charge in [-0.15, -0.1) is 0 Å². The van der Waals surface area contributed by atoms with Crippen LogP contribution in [0.1, 0.15) is 0 Å². The van der Waals surface area contributed by atoms with Crippen molar-refractivity contribution in [3.63, 3.8) is 0 Å². The van der Waals surface area contributed by atoms with E-state index >= 15 is 0 Å². The summed E-state index contributed by atoms with van der Waals surface area (Å²) in [4.78, 5) is 12.8. The summed E-state index contributed by atoms with van der Waals surface area (Å²) in [5.41, 5.74) is 7.86. The van der Waals surface area contributed by atoms with Gasteiger partial charge in [0.05, 0.1) is 22.2 Å². The zero-order chi connectivity index (χ0) is 49.5. The predicted octanol–water partition coefficient (Wildman–Crippen LogP) is 10.7. The molecule has 0 saturated heterocycles. The Morgan fingerprint density at radius 2 is 0.973 bits per heavy atom. The third-order valence-electron chi connectivity index (χ3n) is 16.0. The molecule has 352 valence electrons. The summed E-state index contributed by atoms with van der Waals surface area (Å²) >= 11 is 0. The van der Waals surface area contributed by atoms with Gasteiger partial charge in [-0.1, -0.05) is 218 Å². The minimum atomic E-state index is -3.17. The topological polar surface area (TPSA) is 38.4 Å². The first-order valence-electron chi connectivity index (χ1n) is 25.7. The molecule has 5 nitrogen and oxygen atoms in total. The number of hydrogen-bond acceptors (Lipinski definition) is 3. The van der Waals surface area contributed by atoms with Crippen molar-refractivity contribution in [3.8, 4) is 5.82 Å². The van der Waals surface area contributed by atoms with E-state index in [-0.39, 0.29) is 0 Å². The van der Waals surface area contributed by atoms with Crippen molar-refractivity contribution in [2.75, 3.05) is 4.90 Å². The van der Waals surface area contributed by atoms with E-state index in [4.69, 9.17) is 9.97 Å². The maximum Gasteiger partial charge on any atom is 0.184 e. The van der Waals surface area contributed by atoms with Crippen LogP contribution >= 0.6 is 0 Å². The van der Waals surface area contributed by atoms with Gasteiger partial charge < -0.3 is 4.90 Å². The second kappa shape index (κ2) is 17.1. The van der Waals surface area contributed by atoms with Crippen LogP contribution < -0.4 is 46.4 Å². The van der Waals surface area contributed by atoms with Crippen molar-refractivity contribution in [2.45, 2.75) is 0 Å². The maximum absolute atomic E-state index is 5.18. The lowest BCUT2D eigenvalue weighted by molar-refractivity contribution is 1.08. The lowest BCUT2D eigenvalue weighted by Crippen LogP contribution is -2.77. The molecule has 5 heterocycles. The summed E-state index contributed by atoms with van der Waals surface area (Å²) in [6, 6.07) is 99.9. The molecule has 0 bridgehead atoms. The average molecular weight is 990 g/mol. The van der Waals surface area contributed by atoms with E-state index < -0.39 is 16.1 Å². The Morgan fingerprint density at radius 1 is 0.373 bits per heavy atom. The fraction of sp³-hybridized carbons (Fsp3) is 0. The fourth-order valence-corrected chi connectivity index (χ4v) is 22.9. The number of nitrogens with zero attached hydrogens (tertiary/aromatic N) is 5. The third kappa shape index (κ3) is 6.23. The van der Waals surface area contributed by atoms with Crippen LogP contribution in [0.4, 0.5) is 17.1 Å². The van der Waals surface area contributed by atoms with Crippen molar-refractivity contribution in [1.29, 1.82) is 0 Å². The van der Waals surface area contributed by atoms with E-state index in [1.165, 1.54) is 74.4 Å². The monoisotopic (exact) mass is 989 g/mol. The van der Waals surface area contributed by atoms with E-state index in [2.05, 4.69) is 281 Å². The molecule has 7 heteroatoms. The lowest BCUT2D eigenvalue weighted by Gasteiger charge is -2.45. The molecule has 75 heavy (non-hydrogen) atoms. The van der Waals surface area contributed by atoms with Crippen molar-refractivity contribution < 1.29 is 0 Å². The number of para-hydroxylation sites is 3. The molecule has 0 aliphatic carbocycles. The molecule has 14 aromatic rings. The zero-order valence-electron chi connectivity index (χ0n) is 40.9. The van der Waals surface area contributed by atoms with Gasteiger partial charge in [0.25, 0.3) is 0 Å². The smallest absolute Gasteiger partial charge is 0.184 e. The van der Waals surface area contributed by atoms with Gasteiger partial charge in [0, 0.05) is 51.5 Å². The van der Waals surface area contributed by atoms with Crippen molar-refractivity contribution in [1.82, 2.24) is 18.9 Å². The highest BCUT2D eigenvalue weighted by molar-refractivity contribution is 7.22. The molecule has 0 N–H and O–H groups in total. The summed E-state index contributed by atoms with van der Waals surface area (Å²) in [7, 11) is -6.19. The predicted molar refractivity (Wildman–Crippen MR) is 318 cm³/mol. The van der Waals surface area contributed by atoms with Gasteiger partial charge in [-0.3, -0.25) is 8.97 Å². The molecule has 0 atom stereocenters. The Bertz CT molecular complexity index is 4390. The largest absolute Gasteiger partial charge is 0.310 e. The molecular weight excluding hydrogens is 943 g/mol. The molecule has 15 rings (SSSR count). The number of rotatable bonds is 8. The molecule has 0 amide bonds. The highest BCUT2D eigenvalue weighted by atomic mass is 28.3. The van der Waals surface area contributed by atoms with Crippen LogP contribution in [0.2, 0.25) is 0 Å². The maximum atomic E-state index is 5.18. The van der Waals surface area contributed by atoms with Gasteiger partial charge in [-0.25, -0.2) is 9.97 Å². The van der Waals surface area contributed by atoms with Gasteiger partial charge in [0.15, 0.2) is 16.1 Å². The Balaban J connectivity index is 1.10. The van der Waals surface area contributed by atoms with E-state index in [9.17, 15) is 0 Å². The molecule has 1 aliphatic heterocycles. The molecule has 0 unspecified atom stereocenters. The average Bonchev–Trinajstić information content (AvgIpc) is 4.26. The molecule has 0 fully saturated rings. The first kappa shape index (κ1) is 43.2. The Labute approximate surface area is 436 Å². The molecule has 0 saturated carbocycles. The summed E-state index contributed by atoms with van der Waals surface area (Å²) in [5, 5.41) is 16.5. The fourth-order valence-electron chi connectivity index (χ4n) is 13.0. The second-order valence-electron chi connectivity index (χ2n) is 19.7. The van der Waals surface area contributed by atoms with Crippen LogP contribution in [0.3, 0.4) is 0 Å². The summed E-state index contributed by atoms with van der Waals surface area (Å²) in [6.45, 7) is 0. The standard InChI is InChI=1S/C68H47N5Si2/c1-6-22-48(23-7-1)72-60-34-18-19-35-63(60)75(51-28-12-4-13-29-51,52-30-14-5-15-31-52)64-42-41-61-66(67(64)72)57-40-38-54(47-62(57)73(61)65-36-20-21-43-69-65)74(49-24-8-2-9-25-49,50-26-10-3-11-27-50)53-37-39-55-56-32-16-17-33-59(56)71-45-44-70-68(71)58(55)46-53/h1-47H. The molecule has 1 aliphatic rings. The van der Waals surface area contributed by atoms with Gasteiger partial charge in [-0.2, -0.15) is 0 Å². The van der Waals surface area contributed by atoms with Crippen molar-refractivity contribution in [3.05, 3.63) is 286 Å². The van der Waals surface area contributed by atoms with Crippen LogP contribution in [0.25, 0.3) is 54.9 Å². The molecule has 0 spiro atoms. The number of benzene rings is 10. The second-order valence-corrected chi connectivity index (χ2v) is 27.2. The van der Waals surface area contributed by atoms with E-state index in [0.717, 1.165) is 39.1 Å². The highest BCUT2D eigenvalue weighted by Gasteiger charge is 2.50. The summed E-state index contributed by atoms with van der Waals surface area (Å²) < 4.78 is 4.68. The number of hydrogen-bond donors (Lipinski definition) is 0. The molecule has 4 aromatic heterocycles. The Hall–Kier alpha value is -9.41. The number of fused-ring (bicyclic) bond motifs is 12. The van der Waals surface area contributed by atoms with Crippen LogP contribution in [0.15, 0.2) is 286 Å². The number of aromatic nitrogens is 4. The number of anilines is 3. The van der Waals surface area contributed by atoms with Gasteiger partial charge >= 0.3 is 0 Å². The van der Waals surface area contributed by atoms with Crippen LogP contribution in [-0.2, 0) is 0 Å². The lowest BCUT2D eigenvalue weighted by atomic mass is 10.1. The van der Waals surface area contributed by atoms with E-state index in [1.54, 1.807) is 0 Å². The zero-order valence-corrected chi connectivity index (χ0v) is 42.9. The highest BCUT2D eigenvalue weighted by Crippen LogP contribution is 2.46. The summed E-state index contributed by atoms with van der Waals surface area (Å²) in [5.74, 6) is 0.873. The SMILES string of the molecule is c1ccc(N2c3ccccc3[Si](c3ccccc3)(c3ccccc3)c3ccc4c(c32)c2ccc([Si](c3ccccc3)(c3ccccc3)c3ccc5c6ccccc6n6ccnc6c5c3)cc2n4-c2ccccn2)cc1. The van der Waals surface area contributed by atoms with Gasteiger partial charge in [-0.05, 0) is 95.4 Å². The number of imidazole rings is 1. The minimum absolute atomic E-state index is 0.873. The normalized spacial score (nSPS) is 13.1. The quantitative estimate of drug-likeness (QED) is 0.0865. The van der Waals surface area contributed by atoms with E-state index in [0.29, 0.717) is 0 Å². The van der Waals surface area contributed by atoms with Crippen LogP contribution in [-0.4, -0.2) is 35.1 Å². The van der Waals surface area contributed by atoms with Crippen molar-refractivity contribution >= 4 is 124 Å². The van der Waals surface area contributed by atoms with Gasteiger partial charge in [0.2, 0.25) is 0 Å². The minimum Gasteiger partial charge on any atom is -0.310 e. The van der Waals surface area contributed by atoms with Crippen LogP contribution in [0, 0.1) is 0 Å². The van der Waals surface area contributed by atoms with Crippen LogP contribution in [0.5, 0.6) is 0 Å². The summed E-state index contributed by atoms with van der Waals surface area (Å²) in [6.07, 6.45) is 5.95. The molecular formula is C68H47N5Si2. The van der Waals surface area contributed by atoms with Gasteiger partial charge in [0.1, 0.15) is 11.5 Å². The number of pyridine rings is 2. The Morgan fingerprint density at radius 3 is 1.67 bits per heavy atom. The molecule has 0 radical (unpaired) electrons. The molecule has 10 aromatic carbocycles.